The number of rotatable bonds is 5. The standard InChI is InChI=1S/C18H12F3N3O2S2/c19-18(20,21)28-14-4-2-1-3-13(14)16(26)23-12-7-5-11(6-8-12)15(25)24-17-22-9-10-27-17/h1-10H,(H,23,26)(H,22,24,25). The van der Waals surface area contributed by atoms with E-state index >= 15 is 0 Å². The first-order valence-corrected chi connectivity index (χ1v) is 9.48. The minimum absolute atomic E-state index is 0.0876. The summed E-state index contributed by atoms with van der Waals surface area (Å²) in [5.41, 5.74) is -3.89. The van der Waals surface area contributed by atoms with E-state index in [0.29, 0.717) is 16.4 Å². The Kier molecular flexibility index (Phi) is 6.00. The molecule has 0 bridgehead atoms. The number of carbonyl (C=O) groups excluding carboxylic acids is 2. The molecule has 0 unspecified atom stereocenters. The molecule has 10 heteroatoms. The number of halogens is 3. The van der Waals surface area contributed by atoms with Gasteiger partial charge in [-0.05, 0) is 48.2 Å². The monoisotopic (exact) mass is 423 g/mol. The van der Waals surface area contributed by atoms with Crippen molar-refractivity contribution in [1.82, 2.24) is 4.98 Å². The number of alkyl halides is 3. The second-order valence-electron chi connectivity index (χ2n) is 5.37. The maximum Gasteiger partial charge on any atom is 0.446 e. The number of thioether (sulfide) groups is 1. The molecule has 0 atom stereocenters. The quantitative estimate of drug-likeness (QED) is 0.549. The van der Waals surface area contributed by atoms with E-state index in [4.69, 9.17) is 0 Å². The first-order valence-electron chi connectivity index (χ1n) is 7.79. The normalized spacial score (nSPS) is 11.1. The fraction of sp³-hybridized carbons (Fsp3) is 0.0556. The second-order valence-corrected chi connectivity index (χ2v) is 7.37. The lowest BCUT2D eigenvalue weighted by molar-refractivity contribution is -0.0328. The Morgan fingerprint density at radius 2 is 1.68 bits per heavy atom. The van der Waals surface area contributed by atoms with Crippen molar-refractivity contribution >= 4 is 45.7 Å². The van der Waals surface area contributed by atoms with E-state index in [1.54, 1.807) is 11.6 Å². The molecule has 0 saturated heterocycles. The molecule has 0 aliphatic carbocycles. The summed E-state index contributed by atoms with van der Waals surface area (Å²) in [6, 6.07) is 11.5. The van der Waals surface area contributed by atoms with E-state index in [1.165, 1.54) is 59.9 Å². The third-order valence-corrected chi connectivity index (χ3v) is 4.91. The van der Waals surface area contributed by atoms with Crippen LogP contribution in [0.4, 0.5) is 24.0 Å². The zero-order valence-corrected chi connectivity index (χ0v) is 15.6. The lowest BCUT2D eigenvalue weighted by Crippen LogP contribution is -2.15. The highest BCUT2D eigenvalue weighted by Gasteiger charge is 2.31. The van der Waals surface area contributed by atoms with Gasteiger partial charge in [0, 0.05) is 27.7 Å². The molecule has 3 rings (SSSR count). The average molecular weight is 423 g/mol. The summed E-state index contributed by atoms with van der Waals surface area (Å²) < 4.78 is 38.0. The molecular formula is C18H12F3N3O2S2. The number of amides is 2. The second kappa shape index (κ2) is 8.44. The summed E-state index contributed by atoms with van der Waals surface area (Å²) in [5, 5.41) is 7.34. The molecule has 1 aromatic heterocycles. The van der Waals surface area contributed by atoms with Gasteiger partial charge in [-0.3, -0.25) is 14.9 Å². The van der Waals surface area contributed by atoms with Crippen molar-refractivity contribution in [2.75, 3.05) is 10.6 Å². The highest BCUT2D eigenvalue weighted by Crippen LogP contribution is 2.38. The Balaban J connectivity index is 1.69. The molecule has 0 spiro atoms. The largest absolute Gasteiger partial charge is 0.446 e. The van der Waals surface area contributed by atoms with Crippen molar-refractivity contribution < 1.29 is 22.8 Å². The number of benzene rings is 2. The molecule has 0 radical (unpaired) electrons. The lowest BCUT2D eigenvalue weighted by atomic mass is 10.1. The van der Waals surface area contributed by atoms with Gasteiger partial charge < -0.3 is 5.32 Å². The van der Waals surface area contributed by atoms with Crippen LogP contribution in [0.5, 0.6) is 0 Å². The van der Waals surface area contributed by atoms with Crippen LogP contribution < -0.4 is 10.6 Å². The molecule has 2 N–H and O–H groups in total. The van der Waals surface area contributed by atoms with Gasteiger partial charge in [-0.15, -0.1) is 11.3 Å². The summed E-state index contributed by atoms with van der Waals surface area (Å²) in [5.74, 6) is -1.04. The lowest BCUT2D eigenvalue weighted by Gasteiger charge is -2.11. The Hall–Kier alpha value is -2.85. The zero-order valence-electron chi connectivity index (χ0n) is 14.0. The number of thiazole rings is 1. The summed E-state index contributed by atoms with van der Waals surface area (Å²) in [4.78, 5) is 28.2. The maximum atomic E-state index is 12.7. The maximum absolute atomic E-state index is 12.7. The summed E-state index contributed by atoms with van der Waals surface area (Å²) in [6.07, 6.45) is 1.56. The summed E-state index contributed by atoms with van der Waals surface area (Å²) >= 11 is 0.934. The van der Waals surface area contributed by atoms with Gasteiger partial charge in [0.05, 0.1) is 5.56 Å². The van der Waals surface area contributed by atoms with E-state index in [-0.39, 0.29) is 28.1 Å². The molecule has 0 aliphatic heterocycles. The predicted octanol–water partition coefficient (Wildman–Crippen LogP) is 5.26. The fourth-order valence-corrected chi connectivity index (χ4v) is 3.42. The number of anilines is 2. The Morgan fingerprint density at radius 3 is 2.32 bits per heavy atom. The first-order chi connectivity index (χ1) is 13.3. The minimum atomic E-state index is -4.50. The van der Waals surface area contributed by atoms with E-state index in [2.05, 4.69) is 15.6 Å². The van der Waals surface area contributed by atoms with E-state index < -0.39 is 11.4 Å². The number of nitrogens with one attached hydrogen (secondary N) is 2. The summed E-state index contributed by atoms with van der Waals surface area (Å²) in [6.45, 7) is 0. The van der Waals surface area contributed by atoms with E-state index in [1.807, 2.05) is 0 Å². The van der Waals surface area contributed by atoms with Gasteiger partial charge in [-0.1, -0.05) is 12.1 Å². The van der Waals surface area contributed by atoms with Crippen LogP contribution in [0.3, 0.4) is 0 Å². The summed E-state index contributed by atoms with van der Waals surface area (Å²) in [7, 11) is 0. The molecule has 28 heavy (non-hydrogen) atoms. The van der Waals surface area contributed by atoms with Crippen LogP contribution in [0.15, 0.2) is 65.0 Å². The van der Waals surface area contributed by atoms with E-state index in [9.17, 15) is 22.8 Å². The van der Waals surface area contributed by atoms with Crippen molar-refractivity contribution in [3.63, 3.8) is 0 Å². The smallest absolute Gasteiger partial charge is 0.322 e. The van der Waals surface area contributed by atoms with Gasteiger partial charge in [-0.2, -0.15) is 13.2 Å². The minimum Gasteiger partial charge on any atom is -0.322 e. The van der Waals surface area contributed by atoms with Crippen LogP contribution in [0.25, 0.3) is 0 Å². The van der Waals surface area contributed by atoms with Crippen molar-refractivity contribution in [3.05, 3.63) is 71.2 Å². The van der Waals surface area contributed by atoms with Crippen molar-refractivity contribution in [2.24, 2.45) is 0 Å². The van der Waals surface area contributed by atoms with Gasteiger partial charge in [0.1, 0.15) is 0 Å². The average Bonchev–Trinajstić information content (AvgIpc) is 3.14. The fourth-order valence-electron chi connectivity index (χ4n) is 2.23. The van der Waals surface area contributed by atoms with Crippen LogP contribution in [-0.2, 0) is 0 Å². The number of aromatic nitrogens is 1. The third-order valence-electron chi connectivity index (χ3n) is 3.42. The van der Waals surface area contributed by atoms with Crippen LogP contribution in [0.2, 0.25) is 0 Å². The molecule has 0 aliphatic rings. The van der Waals surface area contributed by atoms with Gasteiger partial charge in [0.25, 0.3) is 11.8 Å². The van der Waals surface area contributed by atoms with E-state index in [0.717, 1.165) is 0 Å². The predicted molar refractivity (Wildman–Crippen MR) is 103 cm³/mol. The number of carbonyl (C=O) groups is 2. The third kappa shape index (κ3) is 5.33. The van der Waals surface area contributed by atoms with Gasteiger partial charge in [-0.25, -0.2) is 4.98 Å². The van der Waals surface area contributed by atoms with Crippen LogP contribution in [-0.4, -0.2) is 22.3 Å². The molecular weight excluding hydrogens is 411 g/mol. The molecule has 3 aromatic rings. The van der Waals surface area contributed by atoms with Crippen molar-refractivity contribution in [2.45, 2.75) is 10.4 Å². The van der Waals surface area contributed by atoms with Gasteiger partial charge in [0.2, 0.25) is 0 Å². The first kappa shape index (κ1) is 19.9. The highest BCUT2D eigenvalue weighted by molar-refractivity contribution is 8.00. The Morgan fingerprint density at radius 1 is 0.964 bits per heavy atom. The van der Waals surface area contributed by atoms with Crippen molar-refractivity contribution in [1.29, 1.82) is 0 Å². The van der Waals surface area contributed by atoms with Crippen LogP contribution >= 0.6 is 23.1 Å². The van der Waals surface area contributed by atoms with Gasteiger partial charge >= 0.3 is 5.51 Å². The Bertz CT molecular complexity index is 974. The topological polar surface area (TPSA) is 71.1 Å². The van der Waals surface area contributed by atoms with Crippen LogP contribution in [0.1, 0.15) is 20.7 Å². The van der Waals surface area contributed by atoms with Gasteiger partial charge in [0.15, 0.2) is 5.13 Å². The molecule has 2 aromatic carbocycles. The Labute approximate surface area is 166 Å². The SMILES string of the molecule is O=C(Nc1nccs1)c1ccc(NC(=O)c2ccccc2SC(F)(F)F)cc1. The highest BCUT2D eigenvalue weighted by atomic mass is 32.2. The molecule has 144 valence electrons. The number of nitrogens with zero attached hydrogens (tertiary/aromatic N) is 1. The number of hydrogen-bond acceptors (Lipinski definition) is 5. The molecule has 5 nitrogen and oxygen atoms in total. The van der Waals surface area contributed by atoms with Crippen molar-refractivity contribution in [3.8, 4) is 0 Å². The number of hydrogen-bond donors (Lipinski definition) is 2. The van der Waals surface area contributed by atoms with Crippen LogP contribution in [0, 0.1) is 0 Å². The molecule has 2 amide bonds. The molecule has 0 saturated carbocycles. The molecule has 1 heterocycles. The molecule has 0 fully saturated rings. The zero-order chi connectivity index (χ0) is 20.1.